The van der Waals surface area contributed by atoms with E-state index in [1.165, 1.54) is 33.4 Å². The lowest BCUT2D eigenvalue weighted by Gasteiger charge is -2.14. The SMILES string of the molecule is Cc1ccc(-n2c(C)ccc2C)c2ccccc12. The molecule has 3 aromatic rings. The summed E-state index contributed by atoms with van der Waals surface area (Å²) in [6, 6.07) is 17.4. The summed E-state index contributed by atoms with van der Waals surface area (Å²) >= 11 is 0. The molecule has 0 atom stereocenters. The largest absolute Gasteiger partial charge is 0.318 e. The van der Waals surface area contributed by atoms with Crippen LogP contribution in [0.3, 0.4) is 0 Å². The first kappa shape index (κ1) is 11.1. The highest BCUT2D eigenvalue weighted by molar-refractivity contribution is 5.92. The molecular weight excluding hydrogens is 218 g/mol. The molecule has 1 heteroatoms. The fourth-order valence-electron chi connectivity index (χ4n) is 2.68. The third-order valence-electron chi connectivity index (χ3n) is 3.63. The molecule has 0 amide bonds. The number of nitrogens with zero attached hydrogens (tertiary/aromatic N) is 1. The minimum absolute atomic E-state index is 1.27. The van der Waals surface area contributed by atoms with Crippen LogP contribution >= 0.6 is 0 Å². The Hall–Kier alpha value is -2.02. The highest BCUT2D eigenvalue weighted by Gasteiger charge is 2.08. The van der Waals surface area contributed by atoms with Crippen LogP contribution in [-0.4, -0.2) is 4.57 Å². The second kappa shape index (κ2) is 4.02. The maximum atomic E-state index is 2.32. The minimum Gasteiger partial charge on any atom is -0.318 e. The van der Waals surface area contributed by atoms with Gasteiger partial charge in [0.05, 0.1) is 5.69 Å². The Balaban J connectivity index is 2.41. The van der Waals surface area contributed by atoms with Crippen molar-refractivity contribution < 1.29 is 0 Å². The van der Waals surface area contributed by atoms with Crippen LogP contribution in [0.25, 0.3) is 16.5 Å². The zero-order valence-corrected chi connectivity index (χ0v) is 11.1. The number of aryl methyl sites for hydroxylation is 3. The lowest BCUT2D eigenvalue weighted by molar-refractivity contribution is 0.974. The van der Waals surface area contributed by atoms with Crippen LogP contribution in [0.1, 0.15) is 17.0 Å². The number of fused-ring (bicyclic) bond motifs is 1. The smallest absolute Gasteiger partial charge is 0.0533 e. The first-order chi connectivity index (χ1) is 8.68. The van der Waals surface area contributed by atoms with Crippen LogP contribution in [0.15, 0.2) is 48.5 Å². The van der Waals surface area contributed by atoms with Gasteiger partial charge in [0, 0.05) is 16.8 Å². The molecule has 2 aromatic carbocycles. The fraction of sp³-hybridized carbons (Fsp3) is 0.176. The van der Waals surface area contributed by atoms with Gasteiger partial charge >= 0.3 is 0 Å². The van der Waals surface area contributed by atoms with Gasteiger partial charge in [-0.05, 0) is 49.9 Å². The van der Waals surface area contributed by atoms with E-state index >= 15 is 0 Å². The number of benzene rings is 2. The van der Waals surface area contributed by atoms with Crippen LogP contribution in [0.5, 0.6) is 0 Å². The van der Waals surface area contributed by atoms with Crippen LogP contribution < -0.4 is 0 Å². The van der Waals surface area contributed by atoms with Gasteiger partial charge in [0.25, 0.3) is 0 Å². The van der Waals surface area contributed by atoms with E-state index in [1.54, 1.807) is 0 Å². The molecule has 0 saturated carbocycles. The molecule has 0 saturated heterocycles. The second-order valence-corrected chi connectivity index (χ2v) is 4.90. The summed E-state index contributed by atoms with van der Waals surface area (Å²) in [6.07, 6.45) is 0. The summed E-state index contributed by atoms with van der Waals surface area (Å²) < 4.78 is 2.32. The Bertz CT molecular complexity index is 700. The van der Waals surface area contributed by atoms with Crippen molar-refractivity contribution in [3.63, 3.8) is 0 Å². The number of hydrogen-bond acceptors (Lipinski definition) is 0. The van der Waals surface area contributed by atoms with Gasteiger partial charge in [0.1, 0.15) is 0 Å². The molecular formula is C17H17N. The molecule has 0 aliphatic heterocycles. The van der Waals surface area contributed by atoms with Crippen molar-refractivity contribution in [1.82, 2.24) is 4.57 Å². The minimum atomic E-state index is 1.27. The topological polar surface area (TPSA) is 4.93 Å². The lowest BCUT2D eigenvalue weighted by atomic mass is 10.0. The van der Waals surface area contributed by atoms with E-state index in [1.807, 2.05) is 0 Å². The summed E-state index contributed by atoms with van der Waals surface area (Å²) in [4.78, 5) is 0. The molecule has 0 bridgehead atoms. The highest BCUT2D eigenvalue weighted by atomic mass is 15.0. The summed E-state index contributed by atoms with van der Waals surface area (Å²) in [5.74, 6) is 0. The third kappa shape index (κ3) is 1.55. The molecule has 0 unspecified atom stereocenters. The Labute approximate surface area is 108 Å². The van der Waals surface area contributed by atoms with Gasteiger partial charge < -0.3 is 4.57 Å². The third-order valence-corrected chi connectivity index (χ3v) is 3.63. The predicted molar refractivity (Wildman–Crippen MR) is 77.5 cm³/mol. The maximum absolute atomic E-state index is 2.32. The van der Waals surface area contributed by atoms with Crippen molar-refractivity contribution in [3.05, 3.63) is 65.5 Å². The molecule has 0 radical (unpaired) electrons. The number of hydrogen-bond donors (Lipinski definition) is 0. The molecule has 0 spiro atoms. The Morgan fingerprint density at radius 1 is 0.667 bits per heavy atom. The van der Waals surface area contributed by atoms with E-state index in [4.69, 9.17) is 0 Å². The molecule has 0 aliphatic rings. The average molecular weight is 235 g/mol. The average Bonchev–Trinajstić information content (AvgIpc) is 2.71. The van der Waals surface area contributed by atoms with Crippen molar-refractivity contribution in [1.29, 1.82) is 0 Å². The lowest BCUT2D eigenvalue weighted by Crippen LogP contribution is -2.00. The van der Waals surface area contributed by atoms with Crippen molar-refractivity contribution in [3.8, 4) is 5.69 Å². The van der Waals surface area contributed by atoms with Crippen molar-refractivity contribution in [2.24, 2.45) is 0 Å². The highest BCUT2D eigenvalue weighted by Crippen LogP contribution is 2.27. The first-order valence-corrected chi connectivity index (χ1v) is 6.32. The normalized spacial score (nSPS) is 11.1. The van der Waals surface area contributed by atoms with Crippen molar-refractivity contribution in [2.45, 2.75) is 20.8 Å². The van der Waals surface area contributed by atoms with Gasteiger partial charge in [-0.15, -0.1) is 0 Å². The van der Waals surface area contributed by atoms with E-state index in [0.29, 0.717) is 0 Å². The predicted octanol–water partition coefficient (Wildman–Crippen LogP) is 4.56. The van der Waals surface area contributed by atoms with Crippen LogP contribution in [-0.2, 0) is 0 Å². The van der Waals surface area contributed by atoms with E-state index in [9.17, 15) is 0 Å². The second-order valence-electron chi connectivity index (χ2n) is 4.90. The van der Waals surface area contributed by atoms with Crippen LogP contribution in [0, 0.1) is 20.8 Å². The summed E-state index contributed by atoms with van der Waals surface area (Å²) in [5, 5.41) is 2.66. The zero-order valence-electron chi connectivity index (χ0n) is 11.1. The van der Waals surface area contributed by atoms with Gasteiger partial charge in [-0.3, -0.25) is 0 Å². The number of rotatable bonds is 1. The quantitative estimate of drug-likeness (QED) is 0.583. The molecule has 3 rings (SSSR count). The Morgan fingerprint density at radius 2 is 1.28 bits per heavy atom. The maximum Gasteiger partial charge on any atom is 0.0533 e. The number of aromatic nitrogens is 1. The van der Waals surface area contributed by atoms with Crippen LogP contribution in [0.2, 0.25) is 0 Å². The van der Waals surface area contributed by atoms with Crippen LogP contribution in [0.4, 0.5) is 0 Å². The van der Waals surface area contributed by atoms with Gasteiger partial charge in [0.2, 0.25) is 0 Å². The molecule has 90 valence electrons. The summed E-state index contributed by atoms with van der Waals surface area (Å²) in [7, 11) is 0. The fourth-order valence-corrected chi connectivity index (χ4v) is 2.68. The van der Waals surface area contributed by atoms with Crippen molar-refractivity contribution >= 4 is 10.8 Å². The first-order valence-electron chi connectivity index (χ1n) is 6.32. The molecule has 0 N–H and O–H groups in total. The molecule has 1 aromatic heterocycles. The van der Waals surface area contributed by atoms with Gasteiger partial charge in [-0.1, -0.05) is 30.3 Å². The monoisotopic (exact) mass is 235 g/mol. The summed E-state index contributed by atoms with van der Waals surface area (Å²) in [6.45, 7) is 6.48. The van der Waals surface area contributed by atoms with Gasteiger partial charge in [0.15, 0.2) is 0 Å². The van der Waals surface area contributed by atoms with E-state index < -0.39 is 0 Å². The molecule has 18 heavy (non-hydrogen) atoms. The summed E-state index contributed by atoms with van der Waals surface area (Å²) in [5.41, 5.74) is 5.16. The molecule has 0 aliphatic carbocycles. The Morgan fingerprint density at radius 3 is 1.94 bits per heavy atom. The molecule has 1 heterocycles. The Kier molecular flexibility index (Phi) is 2.48. The van der Waals surface area contributed by atoms with Gasteiger partial charge in [-0.2, -0.15) is 0 Å². The molecule has 1 nitrogen and oxygen atoms in total. The standard InChI is InChI=1S/C17H17N/c1-12-8-11-17(16-7-5-4-6-15(12)16)18-13(2)9-10-14(18)3/h4-11H,1-3H3. The molecule has 0 fully saturated rings. The van der Waals surface area contributed by atoms with E-state index in [0.717, 1.165) is 0 Å². The van der Waals surface area contributed by atoms with Crippen molar-refractivity contribution in [2.75, 3.05) is 0 Å². The zero-order chi connectivity index (χ0) is 12.7. The van der Waals surface area contributed by atoms with Gasteiger partial charge in [-0.25, -0.2) is 0 Å². The van der Waals surface area contributed by atoms with E-state index in [2.05, 4.69) is 73.9 Å². The van der Waals surface area contributed by atoms with E-state index in [-0.39, 0.29) is 0 Å².